The SMILES string of the molecule is C=O.Clc1cc2cncnc2cc1Br.Clc1cc2cncnc2cc1Br. The third-order valence-electron chi connectivity index (χ3n) is 3.09. The Morgan fingerprint density at radius 3 is 1.50 bits per heavy atom. The second-order valence-corrected chi connectivity index (χ2v) is 7.22. The Bertz CT molecular complexity index is 885. The van der Waals surface area contributed by atoms with Crippen LogP contribution in [0.2, 0.25) is 10.0 Å². The molecule has 4 rings (SSSR count). The summed E-state index contributed by atoms with van der Waals surface area (Å²) in [7, 11) is 0. The van der Waals surface area contributed by atoms with Gasteiger partial charge in [0.25, 0.3) is 0 Å². The lowest BCUT2D eigenvalue weighted by Crippen LogP contribution is -1.80. The average Bonchev–Trinajstić information content (AvgIpc) is 2.66. The summed E-state index contributed by atoms with van der Waals surface area (Å²) in [4.78, 5) is 24.0. The Morgan fingerprint density at radius 1 is 0.731 bits per heavy atom. The van der Waals surface area contributed by atoms with E-state index >= 15 is 0 Å². The smallest absolute Gasteiger partial charge is 0.116 e. The van der Waals surface area contributed by atoms with E-state index in [0.29, 0.717) is 10.0 Å². The second kappa shape index (κ2) is 9.87. The molecule has 0 amide bonds. The maximum Gasteiger partial charge on any atom is 0.116 e. The zero-order chi connectivity index (χ0) is 19.1. The number of benzene rings is 2. The van der Waals surface area contributed by atoms with Gasteiger partial charge in [0.05, 0.1) is 21.1 Å². The molecule has 0 aliphatic carbocycles. The van der Waals surface area contributed by atoms with Gasteiger partial charge < -0.3 is 4.79 Å². The van der Waals surface area contributed by atoms with Crippen molar-refractivity contribution in [3.63, 3.8) is 0 Å². The Labute approximate surface area is 176 Å². The van der Waals surface area contributed by atoms with Crippen LogP contribution < -0.4 is 0 Å². The van der Waals surface area contributed by atoms with Gasteiger partial charge in [-0.25, -0.2) is 19.9 Å². The molecule has 0 bridgehead atoms. The number of fused-ring (bicyclic) bond motifs is 2. The molecule has 0 radical (unpaired) electrons. The third-order valence-corrected chi connectivity index (χ3v) is 5.49. The molecule has 2 heterocycles. The van der Waals surface area contributed by atoms with Crippen molar-refractivity contribution in [2.75, 3.05) is 0 Å². The molecule has 5 nitrogen and oxygen atoms in total. The van der Waals surface area contributed by atoms with Crippen LogP contribution in [-0.2, 0) is 4.79 Å². The molecule has 0 aliphatic rings. The molecule has 0 aliphatic heterocycles. The van der Waals surface area contributed by atoms with Crippen LogP contribution in [0.3, 0.4) is 0 Å². The minimum absolute atomic E-state index is 0.678. The normalized spacial score (nSPS) is 9.85. The molecule has 0 atom stereocenters. The minimum Gasteiger partial charge on any atom is -0.307 e. The van der Waals surface area contributed by atoms with Gasteiger partial charge in [0.1, 0.15) is 19.4 Å². The molecule has 132 valence electrons. The molecule has 4 aromatic rings. The zero-order valence-electron chi connectivity index (χ0n) is 13.0. The van der Waals surface area contributed by atoms with E-state index in [0.717, 1.165) is 30.8 Å². The number of halogens is 4. The average molecular weight is 517 g/mol. The highest BCUT2D eigenvalue weighted by Crippen LogP contribution is 2.27. The third kappa shape index (κ3) is 5.17. The molecule has 0 saturated heterocycles. The van der Waals surface area contributed by atoms with Crippen molar-refractivity contribution in [1.82, 2.24) is 19.9 Å². The fourth-order valence-electron chi connectivity index (χ4n) is 1.95. The number of nitrogens with zero attached hydrogens (tertiary/aromatic N) is 4. The van der Waals surface area contributed by atoms with Crippen LogP contribution in [0, 0.1) is 0 Å². The Morgan fingerprint density at radius 2 is 1.12 bits per heavy atom. The van der Waals surface area contributed by atoms with Gasteiger partial charge in [-0.05, 0) is 56.1 Å². The van der Waals surface area contributed by atoms with E-state index in [1.54, 1.807) is 12.4 Å². The maximum absolute atomic E-state index is 8.00. The van der Waals surface area contributed by atoms with Crippen LogP contribution in [0.1, 0.15) is 0 Å². The number of aromatic nitrogens is 4. The monoisotopic (exact) mass is 514 g/mol. The summed E-state index contributed by atoms with van der Waals surface area (Å²) < 4.78 is 1.71. The van der Waals surface area contributed by atoms with Gasteiger partial charge in [-0.2, -0.15) is 0 Å². The summed E-state index contributed by atoms with van der Waals surface area (Å²) in [5, 5.41) is 3.26. The molecule has 0 saturated carbocycles. The highest BCUT2D eigenvalue weighted by atomic mass is 79.9. The lowest BCUT2D eigenvalue weighted by atomic mass is 10.2. The van der Waals surface area contributed by atoms with E-state index < -0.39 is 0 Å². The van der Waals surface area contributed by atoms with E-state index in [1.165, 1.54) is 12.7 Å². The van der Waals surface area contributed by atoms with Crippen LogP contribution in [0.25, 0.3) is 21.8 Å². The van der Waals surface area contributed by atoms with Crippen molar-refractivity contribution in [2.24, 2.45) is 0 Å². The number of hydrogen-bond donors (Lipinski definition) is 0. The van der Waals surface area contributed by atoms with E-state index in [1.807, 2.05) is 31.1 Å². The van der Waals surface area contributed by atoms with Gasteiger partial charge in [-0.1, -0.05) is 23.2 Å². The standard InChI is InChI=1S/2C8H4BrClN2.CH2O/c2*9-6-2-8-5(1-7(6)10)3-11-4-12-8;1-2/h2*1-4H;1H2. The Hall–Kier alpha value is -1.67. The predicted molar refractivity (Wildman–Crippen MR) is 112 cm³/mol. The van der Waals surface area contributed by atoms with E-state index in [4.69, 9.17) is 28.0 Å². The molecular weight excluding hydrogens is 507 g/mol. The lowest BCUT2D eigenvalue weighted by molar-refractivity contribution is -0.0979. The highest BCUT2D eigenvalue weighted by molar-refractivity contribution is 9.10. The molecule has 26 heavy (non-hydrogen) atoms. The topological polar surface area (TPSA) is 68.6 Å². The van der Waals surface area contributed by atoms with Gasteiger partial charge in [0, 0.05) is 32.1 Å². The van der Waals surface area contributed by atoms with Gasteiger partial charge in [0.15, 0.2) is 0 Å². The van der Waals surface area contributed by atoms with E-state index in [2.05, 4.69) is 51.8 Å². The maximum atomic E-state index is 8.00. The molecule has 9 heteroatoms. The quantitative estimate of drug-likeness (QED) is 0.291. The van der Waals surface area contributed by atoms with Crippen LogP contribution in [0.5, 0.6) is 0 Å². The van der Waals surface area contributed by atoms with Crippen LogP contribution in [0.15, 0.2) is 58.3 Å². The first kappa shape index (κ1) is 20.6. The summed E-state index contributed by atoms with van der Waals surface area (Å²) in [6.45, 7) is 2.00. The number of carbonyl (C=O) groups is 1. The molecule has 0 N–H and O–H groups in total. The summed E-state index contributed by atoms with van der Waals surface area (Å²) in [6, 6.07) is 7.42. The Balaban J connectivity index is 0.000000171. The fraction of sp³-hybridized carbons (Fsp3) is 0. The van der Waals surface area contributed by atoms with E-state index in [-0.39, 0.29) is 0 Å². The largest absolute Gasteiger partial charge is 0.307 e. The van der Waals surface area contributed by atoms with Gasteiger partial charge in [-0.15, -0.1) is 0 Å². The fourth-order valence-corrected chi connectivity index (χ4v) is 2.96. The number of carbonyl (C=O) groups excluding carboxylic acids is 1. The molecule has 2 aromatic carbocycles. The van der Waals surface area contributed by atoms with Crippen LogP contribution in [-0.4, -0.2) is 26.7 Å². The molecule has 2 aromatic heterocycles. The summed E-state index contributed by atoms with van der Waals surface area (Å²) in [5.74, 6) is 0. The summed E-state index contributed by atoms with van der Waals surface area (Å²) in [5.41, 5.74) is 1.78. The second-order valence-electron chi connectivity index (χ2n) is 4.70. The van der Waals surface area contributed by atoms with E-state index in [9.17, 15) is 0 Å². The van der Waals surface area contributed by atoms with Gasteiger partial charge >= 0.3 is 0 Å². The molecule has 0 fully saturated rings. The summed E-state index contributed by atoms with van der Waals surface area (Å²) in [6.07, 6.45) is 6.51. The summed E-state index contributed by atoms with van der Waals surface area (Å²) >= 11 is 18.4. The predicted octanol–water partition coefficient (Wildman–Crippen LogP) is 5.91. The molecule has 0 spiro atoms. The first-order chi connectivity index (χ1) is 12.5. The van der Waals surface area contributed by atoms with Crippen molar-refractivity contribution in [2.45, 2.75) is 0 Å². The van der Waals surface area contributed by atoms with Crippen LogP contribution in [0.4, 0.5) is 0 Å². The zero-order valence-corrected chi connectivity index (χ0v) is 17.7. The minimum atomic E-state index is 0.678. The molecular formula is C17H10Br2Cl2N4O. The number of hydrogen-bond acceptors (Lipinski definition) is 5. The number of rotatable bonds is 0. The molecule has 0 unspecified atom stereocenters. The van der Waals surface area contributed by atoms with Crippen molar-refractivity contribution < 1.29 is 4.79 Å². The van der Waals surface area contributed by atoms with Crippen molar-refractivity contribution >= 4 is 83.7 Å². The lowest BCUT2D eigenvalue weighted by Gasteiger charge is -1.98. The first-order valence-electron chi connectivity index (χ1n) is 6.93. The highest BCUT2D eigenvalue weighted by Gasteiger charge is 2.01. The first-order valence-corrected chi connectivity index (χ1v) is 9.27. The van der Waals surface area contributed by atoms with Gasteiger partial charge in [0.2, 0.25) is 0 Å². The van der Waals surface area contributed by atoms with Crippen molar-refractivity contribution in [3.05, 3.63) is 68.3 Å². The Kier molecular flexibility index (Phi) is 7.84. The van der Waals surface area contributed by atoms with Crippen LogP contribution >= 0.6 is 55.1 Å². The van der Waals surface area contributed by atoms with Gasteiger partial charge in [-0.3, -0.25) is 0 Å². The van der Waals surface area contributed by atoms with Crippen molar-refractivity contribution in [1.29, 1.82) is 0 Å². The van der Waals surface area contributed by atoms with Crippen molar-refractivity contribution in [3.8, 4) is 0 Å².